The Morgan fingerprint density at radius 3 is 2.27 bits per heavy atom. The number of hydrogen-bond acceptors (Lipinski definition) is 3. The van der Waals surface area contributed by atoms with Crippen molar-refractivity contribution in [2.45, 2.75) is 39.7 Å². The van der Waals surface area contributed by atoms with Crippen molar-refractivity contribution in [3.05, 3.63) is 63.3 Å². The minimum absolute atomic E-state index is 0.131. The zero-order valence-corrected chi connectivity index (χ0v) is 13.3. The highest BCUT2D eigenvalue weighted by atomic mass is 16.2. The minimum Gasteiger partial charge on any atom is -0.344 e. The van der Waals surface area contributed by atoms with E-state index < -0.39 is 0 Å². The molecule has 5 nitrogen and oxygen atoms in total. The zero-order valence-electron chi connectivity index (χ0n) is 13.3. The zero-order chi connectivity index (χ0) is 16.3. The van der Waals surface area contributed by atoms with Crippen LogP contribution in [0.1, 0.15) is 60.2 Å². The summed E-state index contributed by atoms with van der Waals surface area (Å²) in [4.78, 5) is 30.1. The molecule has 0 saturated carbocycles. The molecule has 1 atom stereocenters. The molecule has 0 fully saturated rings. The molecule has 0 aliphatic rings. The normalized spacial score (nSPS) is 12.2. The molecule has 0 bridgehead atoms. The van der Waals surface area contributed by atoms with Crippen LogP contribution < -0.4 is 10.9 Å². The molecule has 22 heavy (non-hydrogen) atoms. The molecule has 0 spiro atoms. The van der Waals surface area contributed by atoms with Gasteiger partial charge in [-0.2, -0.15) is 0 Å². The number of nitrogens with one attached hydrogen (secondary N) is 2. The first-order valence-corrected chi connectivity index (χ1v) is 7.35. The van der Waals surface area contributed by atoms with Crippen LogP contribution in [-0.2, 0) is 0 Å². The van der Waals surface area contributed by atoms with Crippen LogP contribution in [-0.4, -0.2) is 15.9 Å². The average molecular weight is 299 g/mol. The smallest absolute Gasteiger partial charge is 0.270 e. The Morgan fingerprint density at radius 2 is 1.73 bits per heavy atom. The van der Waals surface area contributed by atoms with Gasteiger partial charge in [-0.05, 0) is 30.9 Å². The molecule has 1 aromatic carbocycles. The summed E-state index contributed by atoms with van der Waals surface area (Å²) in [7, 11) is 0. The van der Waals surface area contributed by atoms with E-state index in [1.807, 2.05) is 19.1 Å². The Morgan fingerprint density at radius 1 is 1.14 bits per heavy atom. The standard InChI is InChI=1S/C17H21N3O2/c1-10(2)13-5-7-14(8-6-13)11(3)18-17(22)15-9-16(21)20-12(4)19-15/h5-11H,1-4H3,(H,18,22)(H,19,20,21)/t11-/m1/s1. The summed E-state index contributed by atoms with van der Waals surface area (Å²) < 4.78 is 0. The van der Waals surface area contributed by atoms with E-state index in [0.717, 1.165) is 5.56 Å². The molecule has 2 rings (SSSR count). The maximum atomic E-state index is 12.2. The number of rotatable bonds is 4. The summed E-state index contributed by atoms with van der Waals surface area (Å²) >= 11 is 0. The Kier molecular flexibility index (Phi) is 4.75. The van der Waals surface area contributed by atoms with Crippen molar-refractivity contribution in [2.24, 2.45) is 0 Å². The van der Waals surface area contributed by atoms with Crippen LogP contribution in [0.2, 0.25) is 0 Å². The molecule has 1 amide bonds. The number of aryl methyl sites for hydroxylation is 1. The third-order valence-electron chi connectivity index (χ3n) is 3.54. The second kappa shape index (κ2) is 6.56. The van der Waals surface area contributed by atoms with Crippen molar-refractivity contribution >= 4 is 5.91 Å². The van der Waals surface area contributed by atoms with E-state index in [0.29, 0.717) is 11.7 Å². The highest BCUT2D eigenvalue weighted by molar-refractivity contribution is 5.92. The molecule has 116 valence electrons. The molecular formula is C17H21N3O2. The molecule has 0 aliphatic heterocycles. The summed E-state index contributed by atoms with van der Waals surface area (Å²) in [6.45, 7) is 7.83. The molecule has 1 heterocycles. The quantitative estimate of drug-likeness (QED) is 0.911. The fourth-order valence-corrected chi connectivity index (χ4v) is 2.22. The van der Waals surface area contributed by atoms with Crippen LogP contribution >= 0.6 is 0 Å². The number of amides is 1. The molecule has 5 heteroatoms. The van der Waals surface area contributed by atoms with Gasteiger partial charge in [0.05, 0.1) is 6.04 Å². The number of aromatic amines is 1. The Bertz CT molecular complexity index is 717. The molecule has 0 unspecified atom stereocenters. The van der Waals surface area contributed by atoms with E-state index in [1.165, 1.54) is 11.6 Å². The van der Waals surface area contributed by atoms with E-state index in [9.17, 15) is 9.59 Å². The van der Waals surface area contributed by atoms with Gasteiger partial charge in [0.2, 0.25) is 0 Å². The van der Waals surface area contributed by atoms with E-state index in [2.05, 4.69) is 41.3 Å². The molecule has 1 aromatic heterocycles. The first-order chi connectivity index (χ1) is 10.4. The van der Waals surface area contributed by atoms with Crippen molar-refractivity contribution in [2.75, 3.05) is 0 Å². The van der Waals surface area contributed by atoms with Gasteiger partial charge in [0.15, 0.2) is 0 Å². The van der Waals surface area contributed by atoms with Crippen molar-refractivity contribution in [1.82, 2.24) is 15.3 Å². The van der Waals surface area contributed by atoms with Crippen LogP contribution in [0.25, 0.3) is 0 Å². The van der Waals surface area contributed by atoms with E-state index in [4.69, 9.17) is 0 Å². The van der Waals surface area contributed by atoms with Crippen molar-refractivity contribution in [3.63, 3.8) is 0 Å². The van der Waals surface area contributed by atoms with Crippen molar-refractivity contribution < 1.29 is 4.79 Å². The van der Waals surface area contributed by atoms with Crippen molar-refractivity contribution in [1.29, 1.82) is 0 Å². The first kappa shape index (κ1) is 15.9. The molecule has 2 N–H and O–H groups in total. The van der Waals surface area contributed by atoms with Gasteiger partial charge in [0.25, 0.3) is 11.5 Å². The Hall–Kier alpha value is -2.43. The summed E-state index contributed by atoms with van der Waals surface area (Å²) in [6, 6.07) is 9.20. The molecule has 0 radical (unpaired) electrons. The van der Waals surface area contributed by atoms with Crippen LogP contribution in [0.15, 0.2) is 35.1 Å². The number of H-pyrrole nitrogens is 1. The predicted molar refractivity (Wildman–Crippen MR) is 86.0 cm³/mol. The van der Waals surface area contributed by atoms with Crippen LogP contribution in [0.4, 0.5) is 0 Å². The Labute approximate surface area is 129 Å². The SMILES string of the molecule is Cc1nc(C(=O)N[C@H](C)c2ccc(C(C)C)cc2)cc(=O)[nH]1. The number of carbonyl (C=O) groups excluding carboxylic acids is 1. The second-order valence-electron chi connectivity index (χ2n) is 5.73. The van der Waals surface area contributed by atoms with Gasteiger partial charge < -0.3 is 10.3 Å². The number of nitrogens with zero attached hydrogens (tertiary/aromatic N) is 1. The highest BCUT2D eigenvalue weighted by Crippen LogP contribution is 2.18. The molecule has 0 aliphatic carbocycles. The van der Waals surface area contributed by atoms with E-state index in [-0.39, 0.29) is 23.2 Å². The maximum absolute atomic E-state index is 12.2. The number of carbonyl (C=O) groups is 1. The van der Waals surface area contributed by atoms with Gasteiger partial charge in [-0.25, -0.2) is 4.98 Å². The topological polar surface area (TPSA) is 74.8 Å². The third-order valence-corrected chi connectivity index (χ3v) is 3.54. The van der Waals surface area contributed by atoms with Gasteiger partial charge in [0, 0.05) is 6.07 Å². The highest BCUT2D eigenvalue weighted by Gasteiger charge is 2.14. The van der Waals surface area contributed by atoms with Crippen LogP contribution in [0.3, 0.4) is 0 Å². The lowest BCUT2D eigenvalue weighted by molar-refractivity contribution is 0.0934. The predicted octanol–water partition coefficient (Wildman–Crippen LogP) is 2.69. The lowest BCUT2D eigenvalue weighted by Crippen LogP contribution is -2.29. The Balaban J connectivity index is 2.12. The summed E-state index contributed by atoms with van der Waals surface area (Å²) in [5, 5.41) is 2.86. The number of benzene rings is 1. The summed E-state index contributed by atoms with van der Waals surface area (Å²) in [6.07, 6.45) is 0. The largest absolute Gasteiger partial charge is 0.344 e. The van der Waals surface area contributed by atoms with Gasteiger partial charge in [-0.1, -0.05) is 38.1 Å². The minimum atomic E-state index is -0.352. The first-order valence-electron chi connectivity index (χ1n) is 7.35. The van der Waals surface area contributed by atoms with E-state index in [1.54, 1.807) is 6.92 Å². The lowest BCUT2D eigenvalue weighted by atomic mass is 9.99. The molecular weight excluding hydrogens is 278 g/mol. The second-order valence-corrected chi connectivity index (χ2v) is 5.73. The number of hydrogen-bond donors (Lipinski definition) is 2. The van der Waals surface area contributed by atoms with Gasteiger partial charge in [-0.3, -0.25) is 9.59 Å². The summed E-state index contributed by atoms with van der Waals surface area (Å²) in [5.74, 6) is 0.545. The fourth-order valence-electron chi connectivity index (χ4n) is 2.22. The van der Waals surface area contributed by atoms with Gasteiger partial charge >= 0.3 is 0 Å². The molecule has 0 saturated heterocycles. The number of aromatic nitrogens is 2. The fraction of sp³-hybridized carbons (Fsp3) is 0.353. The monoisotopic (exact) mass is 299 g/mol. The summed E-state index contributed by atoms with van der Waals surface area (Å²) in [5.41, 5.74) is 2.08. The van der Waals surface area contributed by atoms with E-state index >= 15 is 0 Å². The van der Waals surface area contributed by atoms with Gasteiger partial charge in [-0.15, -0.1) is 0 Å². The lowest BCUT2D eigenvalue weighted by Gasteiger charge is -2.15. The average Bonchev–Trinajstić information content (AvgIpc) is 2.46. The maximum Gasteiger partial charge on any atom is 0.270 e. The van der Waals surface area contributed by atoms with Crippen LogP contribution in [0, 0.1) is 6.92 Å². The van der Waals surface area contributed by atoms with Crippen molar-refractivity contribution in [3.8, 4) is 0 Å². The molecule has 2 aromatic rings. The third kappa shape index (κ3) is 3.81. The van der Waals surface area contributed by atoms with Gasteiger partial charge in [0.1, 0.15) is 11.5 Å². The van der Waals surface area contributed by atoms with Crippen LogP contribution in [0.5, 0.6) is 0 Å².